The number of rotatable bonds is 8. The molecular weight excluding hydrogens is 376 g/mol. The van der Waals surface area contributed by atoms with Crippen molar-refractivity contribution in [2.75, 3.05) is 11.9 Å². The molecule has 0 spiro atoms. The Bertz CT molecular complexity index is 652. The van der Waals surface area contributed by atoms with Gasteiger partial charge in [0.1, 0.15) is 0 Å². The van der Waals surface area contributed by atoms with Crippen molar-refractivity contribution in [3.8, 4) is 0 Å². The van der Waals surface area contributed by atoms with E-state index in [0.717, 1.165) is 51.4 Å². The summed E-state index contributed by atoms with van der Waals surface area (Å²) in [6, 6.07) is 0.359. The Kier molecular flexibility index (Phi) is 7.82. The average molecular weight is 407 g/mol. The molecule has 2 aliphatic carbocycles. The second kappa shape index (κ2) is 10.5. The molecule has 2 N–H and O–H groups in total. The van der Waals surface area contributed by atoms with E-state index in [9.17, 15) is 14.4 Å². The molecule has 3 amide bonds. The first-order valence-corrected chi connectivity index (χ1v) is 11.3. The number of anilines is 1. The summed E-state index contributed by atoms with van der Waals surface area (Å²) < 4.78 is 0. The molecule has 2 aliphatic rings. The molecule has 7 nitrogen and oxygen atoms in total. The predicted octanol–water partition coefficient (Wildman–Crippen LogP) is 3.08. The van der Waals surface area contributed by atoms with Crippen LogP contribution in [0.3, 0.4) is 0 Å². The summed E-state index contributed by atoms with van der Waals surface area (Å²) in [5, 5.41) is 8.13. The molecule has 0 radical (unpaired) electrons. The second-order valence-corrected chi connectivity index (χ2v) is 8.64. The first kappa shape index (κ1) is 20.8. The van der Waals surface area contributed by atoms with Crippen LogP contribution in [0.4, 0.5) is 5.13 Å². The van der Waals surface area contributed by atoms with Crippen molar-refractivity contribution >= 4 is 34.2 Å². The SMILES string of the molecule is O=C(CCC(=O)N(CC(=O)NC1CCCCC1)C1CCCC1)Nc1nccs1. The number of amides is 3. The first-order chi connectivity index (χ1) is 13.6. The van der Waals surface area contributed by atoms with Gasteiger partial charge in [0.15, 0.2) is 5.13 Å². The quantitative estimate of drug-likeness (QED) is 0.694. The summed E-state index contributed by atoms with van der Waals surface area (Å²) >= 11 is 1.35. The van der Waals surface area contributed by atoms with E-state index in [-0.39, 0.29) is 49.2 Å². The number of thiazole rings is 1. The van der Waals surface area contributed by atoms with Gasteiger partial charge in [-0.2, -0.15) is 0 Å². The Hall–Kier alpha value is -1.96. The van der Waals surface area contributed by atoms with E-state index in [0.29, 0.717) is 5.13 Å². The van der Waals surface area contributed by atoms with Crippen molar-refractivity contribution in [3.63, 3.8) is 0 Å². The van der Waals surface area contributed by atoms with Gasteiger partial charge in [-0.3, -0.25) is 14.4 Å². The van der Waals surface area contributed by atoms with E-state index in [1.54, 1.807) is 16.5 Å². The van der Waals surface area contributed by atoms with Crippen LogP contribution in [-0.2, 0) is 14.4 Å². The molecule has 3 rings (SSSR count). The molecule has 0 atom stereocenters. The Morgan fingerprint density at radius 2 is 1.71 bits per heavy atom. The summed E-state index contributed by atoms with van der Waals surface area (Å²) in [6.07, 6.45) is 11.5. The number of carbonyl (C=O) groups is 3. The molecule has 28 heavy (non-hydrogen) atoms. The van der Waals surface area contributed by atoms with Gasteiger partial charge in [0.25, 0.3) is 0 Å². The van der Waals surface area contributed by atoms with Crippen LogP contribution in [0.25, 0.3) is 0 Å². The molecule has 0 aliphatic heterocycles. The number of nitrogens with one attached hydrogen (secondary N) is 2. The van der Waals surface area contributed by atoms with Gasteiger partial charge < -0.3 is 15.5 Å². The fourth-order valence-electron chi connectivity index (χ4n) is 4.14. The van der Waals surface area contributed by atoms with E-state index < -0.39 is 0 Å². The molecule has 0 aromatic carbocycles. The van der Waals surface area contributed by atoms with Crippen molar-refractivity contribution < 1.29 is 14.4 Å². The highest BCUT2D eigenvalue weighted by Crippen LogP contribution is 2.24. The van der Waals surface area contributed by atoms with Crippen LogP contribution in [0, 0.1) is 0 Å². The molecule has 0 saturated heterocycles. The van der Waals surface area contributed by atoms with E-state index in [1.165, 1.54) is 17.8 Å². The average Bonchev–Trinajstić information content (AvgIpc) is 3.39. The zero-order valence-electron chi connectivity index (χ0n) is 16.3. The van der Waals surface area contributed by atoms with Gasteiger partial charge >= 0.3 is 0 Å². The van der Waals surface area contributed by atoms with Crippen LogP contribution in [0.15, 0.2) is 11.6 Å². The lowest BCUT2D eigenvalue weighted by molar-refractivity contribution is -0.139. The monoisotopic (exact) mass is 406 g/mol. The molecular formula is C20H30N4O3S. The maximum Gasteiger partial charge on any atom is 0.239 e. The molecule has 1 aromatic heterocycles. The minimum absolute atomic E-state index is 0.0700. The van der Waals surface area contributed by atoms with Crippen LogP contribution in [0.5, 0.6) is 0 Å². The van der Waals surface area contributed by atoms with Crippen LogP contribution in [0.2, 0.25) is 0 Å². The molecule has 0 bridgehead atoms. The third-order valence-electron chi connectivity index (χ3n) is 5.61. The van der Waals surface area contributed by atoms with Crippen molar-refractivity contribution in [1.29, 1.82) is 0 Å². The highest BCUT2D eigenvalue weighted by Gasteiger charge is 2.29. The maximum atomic E-state index is 12.8. The van der Waals surface area contributed by atoms with Crippen LogP contribution in [-0.4, -0.2) is 46.2 Å². The molecule has 1 heterocycles. The Morgan fingerprint density at radius 1 is 1.00 bits per heavy atom. The topological polar surface area (TPSA) is 91.4 Å². The standard InChI is InChI=1S/C20H30N4O3S/c25-17(23-20-21-12-13-28-20)10-11-19(27)24(16-8-4-5-9-16)14-18(26)22-15-6-2-1-3-7-15/h12-13,15-16H,1-11,14H2,(H,22,26)(H,21,23,25). The Labute approximate surface area is 170 Å². The molecule has 0 unspecified atom stereocenters. The van der Waals surface area contributed by atoms with Crippen LogP contribution < -0.4 is 10.6 Å². The lowest BCUT2D eigenvalue weighted by Crippen LogP contribution is -2.48. The van der Waals surface area contributed by atoms with Gasteiger partial charge in [0, 0.05) is 36.5 Å². The highest BCUT2D eigenvalue weighted by atomic mass is 32.1. The third-order valence-corrected chi connectivity index (χ3v) is 6.30. The molecule has 1 aromatic rings. The Balaban J connectivity index is 1.50. The van der Waals surface area contributed by atoms with Gasteiger partial charge in [-0.05, 0) is 25.7 Å². The lowest BCUT2D eigenvalue weighted by Gasteiger charge is -2.30. The van der Waals surface area contributed by atoms with E-state index in [4.69, 9.17) is 0 Å². The molecule has 154 valence electrons. The molecule has 8 heteroatoms. The van der Waals surface area contributed by atoms with Gasteiger partial charge in [-0.1, -0.05) is 32.1 Å². The maximum absolute atomic E-state index is 12.8. The number of hydrogen-bond acceptors (Lipinski definition) is 5. The normalized spacial score (nSPS) is 18.0. The van der Waals surface area contributed by atoms with Crippen molar-refractivity contribution in [3.05, 3.63) is 11.6 Å². The number of carbonyl (C=O) groups excluding carboxylic acids is 3. The minimum atomic E-state index is -0.221. The zero-order chi connectivity index (χ0) is 19.8. The molecule has 2 saturated carbocycles. The van der Waals surface area contributed by atoms with E-state index in [1.807, 2.05) is 0 Å². The van der Waals surface area contributed by atoms with Gasteiger partial charge in [-0.25, -0.2) is 4.98 Å². The Morgan fingerprint density at radius 3 is 2.39 bits per heavy atom. The van der Waals surface area contributed by atoms with E-state index in [2.05, 4.69) is 15.6 Å². The van der Waals surface area contributed by atoms with Crippen LogP contribution >= 0.6 is 11.3 Å². The first-order valence-electron chi connectivity index (χ1n) is 10.4. The summed E-state index contributed by atoms with van der Waals surface area (Å²) in [7, 11) is 0. The third kappa shape index (κ3) is 6.29. The van der Waals surface area contributed by atoms with Crippen molar-refractivity contribution in [2.45, 2.75) is 82.7 Å². The van der Waals surface area contributed by atoms with Gasteiger partial charge in [0.05, 0.1) is 6.54 Å². The van der Waals surface area contributed by atoms with Gasteiger partial charge in [-0.15, -0.1) is 11.3 Å². The fourth-order valence-corrected chi connectivity index (χ4v) is 4.69. The largest absolute Gasteiger partial charge is 0.352 e. The van der Waals surface area contributed by atoms with Crippen LogP contribution in [0.1, 0.15) is 70.6 Å². The fraction of sp³-hybridized carbons (Fsp3) is 0.700. The summed E-state index contributed by atoms with van der Waals surface area (Å²) in [5.41, 5.74) is 0. The summed E-state index contributed by atoms with van der Waals surface area (Å²) in [4.78, 5) is 43.1. The summed E-state index contributed by atoms with van der Waals surface area (Å²) in [5.74, 6) is -0.402. The van der Waals surface area contributed by atoms with Gasteiger partial charge in [0.2, 0.25) is 17.7 Å². The predicted molar refractivity (Wildman–Crippen MR) is 109 cm³/mol. The number of hydrogen-bond donors (Lipinski definition) is 2. The second-order valence-electron chi connectivity index (χ2n) is 7.75. The van der Waals surface area contributed by atoms with E-state index >= 15 is 0 Å². The highest BCUT2D eigenvalue weighted by molar-refractivity contribution is 7.13. The smallest absolute Gasteiger partial charge is 0.239 e. The number of aromatic nitrogens is 1. The zero-order valence-corrected chi connectivity index (χ0v) is 17.1. The molecule has 2 fully saturated rings. The number of nitrogens with zero attached hydrogens (tertiary/aromatic N) is 2. The van der Waals surface area contributed by atoms with Crippen molar-refractivity contribution in [1.82, 2.24) is 15.2 Å². The summed E-state index contributed by atoms with van der Waals surface area (Å²) in [6.45, 7) is 0.105. The minimum Gasteiger partial charge on any atom is -0.352 e. The lowest BCUT2D eigenvalue weighted by atomic mass is 9.95. The van der Waals surface area contributed by atoms with Crippen molar-refractivity contribution in [2.24, 2.45) is 0 Å².